The molecule has 2 aromatic carbocycles. The molecule has 0 aliphatic carbocycles. The van der Waals surface area contributed by atoms with Gasteiger partial charge in [-0.15, -0.1) is 10.2 Å². The summed E-state index contributed by atoms with van der Waals surface area (Å²) in [6, 6.07) is 10.2. The van der Waals surface area contributed by atoms with Gasteiger partial charge in [0.15, 0.2) is 5.70 Å². The van der Waals surface area contributed by atoms with Crippen LogP contribution >= 0.6 is 0 Å². The van der Waals surface area contributed by atoms with Crippen molar-refractivity contribution in [3.8, 4) is 5.75 Å². The van der Waals surface area contributed by atoms with Crippen LogP contribution in [0.4, 0.5) is 11.4 Å². The minimum atomic E-state index is -0.784. The van der Waals surface area contributed by atoms with Gasteiger partial charge in [-0.2, -0.15) is 0 Å². The topological polar surface area (TPSA) is 165 Å². The molecule has 3 N–H and O–H groups in total. The number of anilines is 1. The fraction of sp³-hybridized carbons (Fsp3) is 0.231. The maximum absolute atomic E-state index is 12.8. The monoisotopic (exact) mass is 524 g/mol. The number of carbonyl (C=O) groups excluding carboxylic acids is 4. The molecule has 2 rings (SSSR count). The summed E-state index contributed by atoms with van der Waals surface area (Å²) in [6.45, 7) is 6.91. The van der Waals surface area contributed by atoms with Crippen molar-refractivity contribution in [2.45, 2.75) is 13.8 Å². The zero-order valence-corrected chi connectivity index (χ0v) is 21.4. The molecule has 0 unspecified atom stereocenters. The number of hydrogen-bond acceptors (Lipinski definition) is 10. The Kier molecular flexibility index (Phi) is 10.7. The Hall–Kier alpha value is -5.00. The Balaban J connectivity index is 2.13. The molecule has 0 fully saturated rings. The number of carbonyl (C=O) groups is 4. The lowest BCUT2D eigenvalue weighted by Crippen LogP contribution is -2.28. The largest absolute Gasteiger partial charge is 0.510 e. The molecule has 2 aromatic rings. The zero-order chi connectivity index (χ0) is 28.2. The van der Waals surface area contributed by atoms with Crippen molar-refractivity contribution < 1.29 is 38.5 Å². The Morgan fingerprint density at radius 2 is 1.61 bits per heavy atom. The number of azo groups is 1. The SMILES string of the molecule is C=C(C)C(=O)NCCOc1ccc(NC(=O)/C(N=Nc2cc(C(=O)OC)ccc2C(=O)OC)=C(/C)O)cc1. The lowest BCUT2D eigenvalue weighted by Gasteiger charge is -2.10. The third-order valence-electron chi connectivity index (χ3n) is 4.80. The van der Waals surface area contributed by atoms with Gasteiger partial charge in [0.25, 0.3) is 5.91 Å². The number of esters is 2. The van der Waals surface area contributed by atoms with E-state index < -0.39 is 29.3 Å². The zero-order valence-electron chi connectivity index (χ0n) is 21.4. The number of aliphatic hydroxyl groups is 1. The highest BCUT2D eigenvalue weighted by Gasteiger charge is 2.18. The number of rotatable bonds is 11. The van der Waals surface area contributed by atoms with Gasteiger partial charge in [-0.1, -0.05) is 6.58 Å². The number of hydrogen-bond donors (Lipinski definition) is 3. The van der Waals surface area contributed by atoms with Crippen molar-refractivity contribution in [2.75, 3.05) is 32.7 Å². The van der Waals surface area contributed by atoms with E-state index >= 15 is 0 Å². The summed E-state index contributed by atoms with van der Waals surface area (Å²) in [5, 5.41) is 22.9. The van der Waals surface area contributed by atoms with Crippen molar-refractivity contribution in [1.29, 1.82) is 0 Å². The summed E-state index contributed by atoms with van der Waals surface area (Å²) in [5.41, 5.74) is 0.328. The second kappa shape index (κ2) is 13.9. The quantitative estimate of drug-likeness (QED) is 0.131. The number of nitrogens with zero attached hydrogens (tertiary/aromatic N) is 2. The van der Waals surface area contributed by atoms with Crippen LogP contribution in [-0.4, -0.2) is 56.2 Å². The van der Waals surface area contributed by atoms with Crippen molar-refractivity contribution in [1.82, 2.24) is 5.32 Å². The third-order valence-corrected chi connectivity index (χ3v) is 4.80. The second-order valence-electron chi connectivity index (χ2n) is 7.71. The lowest BCUT2D eigenvalue weighted by atomic mass is 10.1. The molecular formula is C26H28N4O8. The lowest BCUT2D eigenvalue weighted by molar-refractivity contribution is -0.117. The van der Waals surface area contributed by atoms with E-state index in [9.17, 15) is 24.3 Å². The van der Waals surface area contributed by atoms with Crippen molar-refractivity contribution >= 4 is 35.1 Å². The van der Waals surface area contributed by atoms with E-state index in [4.69, 9.17) is 9.47 Å². The molecule has 0 aliphatic heterocycles. The predicted octanol–water partition coefficient (Wildman–Crippen LogP) is 3.84. The Labute approximate surface area is 219 Å². The normalized spacial score (nSPS) is 11.3. The van der Waals surface area contributed by atoms with Crippen molar-refractivity contribution in [3.63, 3.8) is 0 Å². The average molecular weight is 525 g/mol. The number of ether oxygens (including phenoxy) is 3. The fourth-order valence-electron chi connectivity index (χ4n) is 2.84. The van der Waals surface area contributed by atoms with Gasteiger partial charge in [0.2, 0.25) is 5.91 Å². The van der Waals surface area contributed by atoms with Gasteiger partial charge in [-0.3, -0.25) is 9.59 Å². The molecule has 0 aromatic heterocycles. The number of nitrogens with one attached hydrogen (secondary N) is 2. The number of methoxy groups -OCH3 is 2. The van der Waals surface area contributed by atoms with Crippen LogP contribution in [0.5, 0.6) is 5.75 Å². The standard InChI is InChI=1S/C26H28N4O8/c1-15(2)23(32)27-12-13-38-19-9-7-18(8-10-19)28-24(33)22(16(3)31)30-29-21-14-17(25(34)36-4)6-11-20(21)26(35)37-5/h6-11,14,31H,1,12-13H2,2-5H3,(H,27,32)(H,28,33)/b22-16+,30-29?. The van der Waals surface area contributed by atoms with E-state index in [1.165, 1.54) is 39.3 Å². The first kappa shape index (κ1) is 29.2. The van der Waals surface area contributed by atoms with Gasteiger partial charge in [-0.05, 0) is 56.3 Å². The maximum Gasteiger partial charge on any atom is 0.340 e. The molecular weight excluding hydrogens is 496 g/mol. The summed E-state index contributed by atoms with van der Waals surface area (Å²) in [6.07, 6.45) is 0. The van der Waals surface area contributed by atoms with Crippen LogP contribution in [0, 0.1) is 0 Å². The van der Waals surface area contributed by atoms with Crippen LogP contribution in [0.3, 0.4) is 0 Å². The third kappa shape index (κ3) is 8.29. The van der Waals surface area contributed by atoms with Crippen molar-refractivity contribution in [2.24, 2.45) is 10.2 Å². The molecule has 0 heterocycles. The molecule has 12 heteroatoms. The van der Waals surface area contributed by atoms with E-state index in [0.717, 1.165) is 0 Å². The summed E-state index contributed by atoms with van der Waals surface area (Å²) in [4.78, 5) is 48.2. The first-order valence-electron chi connectivity index (χ1n) is 11.2. The summed E-state index contributed by atoms with van der Waals surface area (Å²) < 4.78 is 14.9. The molecule has 0 saturated heterocycles. The van der Waals surface area contributed by atoms with E-state index in [2.05, 4.69) is 32.2 Å². The smallest absolute Gasteiger partial charge is 0.340 e. The van der Waals surface area contributed by atoms with E-state index in [0.29, 0.717) is 23.6 Å². The molecule has 0 aliphatic rings. The first-order valence-corrected chi connectivity index (χ1v) is 11.2. The molecule has 0 spiro atoms. The van der Waals surface area contributed by atoms with E-state index in [-0.39, 0.29) is 29.3 Å². The second-order valence-corrected chi connectivity index (χ2v) is 7.71. The van der Waals surface area contributed by atoms with Gasteiger partial charge in [-0.25, -0.2) is 9.59 Å². The summed E-state index contributed by atoms with van der Waals surface area (Å²) in [5.74, 6) is -2.40. The van der Waals surface area contributed by atoms with Crippen molar-refractivity contribution in [3.05, 3.63) is 77.2 Å². The first-order chi connectivity index (χ1) is 18.1. The van der Waals surface area contributed by atoms with Gasteiger partial charge in [0.05, 0.1) is 31.9 Å². The molecule has 0 atom stereocenters. The highest BCUT2D eigenvalue weighted by atomic mass is 16.5. The molecule has 2 amide bonds. The van der Waals surface area contributed by atoms with Crippen LogP contribution in [0.15, 0.2) is 76.3 Å². The summed E-state index contributed by atoms with van der Waals surface area (Å²) in [7, 11) is 2.37. The van der Waals surface area contributed by atoms with Crippen LogP contribution in [0.1, 0.15) is 34.6 Å². The van der Waals surface area contributed by atoms with E-state index in [1.807, 2.05) is 0 Å². The predicted molar refractivity (Wildman–Crippen MR) is 137 cm³/mol. The van der Waals surface area contributed by atoms with Gasteiger partial charge >= 0.3 is 11.9 Å². The molecule has 0 radical (unpaired) electrons. The molecule has 200 valence electrons. The molecule has 12 nitrogen and oxygen atoms in total. The Morgan fingerprint density at radius 1 is 0.947 bits per heavy atom. The number of amides is 2. The van der Waals surface area contributed by atoms with Gasteiger partial charge in [0, 0.05) is 11.3 Å². The minimum Gasteiger partial charge on any atom is -0.510 e. The average Bonchev–Trinajstić information content (AvgIpc) is 2.90. The molecule has 38 heavy (non-hydrogen) atoms. The fourth-order valence-corrected chi connectivity index (χ4v) is 2.84. The Morgan fingerprint density at radius 3 is 2.18 bits per heavy atom. The molecule has 0 saturated carbocycles. The maximum atomic E-state index is 12.8. The van der Waals surface area contributed by atoms with Crippen LogP contribution in [0.2, 0.25) is 0 Å². The van der Waals surface area contributed by atoms with Crippen LogP contribution in [0.25, 0.3) is 0 Å². The van der Waals surface area contributed by atoms with Crippen LogP contribution < -0.4 is 15.4 Å². The van der Waals surface area contributed by atoms with Gasteiger partial charge in [0.1, 0.15) is 23.8 Å². The number of allylic oxidation sites excluding steroid dienone is 1. The number of benzene rings is 2. The summed E-state index contributed by atoms with van der Waals surface area (Å²) >= 11 is 0. The highest BCUT2D eigenvalue weighted by molar-refractivity contribution is 6.04. The highest BCUT2D eigenvalue weighted by Crippen LogP contribution is 2.25. The van der Waals surface area contributed by atoms with E-state index in [1.54, 1.807) is 31.2 Å². The van der Waals surface area contributed by atoms with Gasteiger partial charge < -0.3 is 30.0 Å². The number of aliphatic hydroxyl groups excluding tert-OH is 1. The molecule has 0 bridgehead atoms. The van der Waals surface area contributed by atoms with Crippen LogP contribution in [-0.2, 0) is 19.1 Å². The Bertz CT molecular complexity index is 1280. The minimum absolute atomic E-state index is 0.0194.